The number of benzene rings is 1. The van der Waals surface area contributed by atoms with Crippen molar-refractivity contribution in [1.82, 2.24) is 0 Å². The molecule has 0 saturated carbocycles. The minimum absolute atomic E-state index is 0.189. The third-order valence-corrected chi connectivity index (χ3v) is 1.75. The molecule has 11 heavy (non-hydrogen) atoms. The van der Waals surface area contributed by atoms with E-state index in [9.17, 15) is 0 Å². The summed E-state index contributed by atoms with van der Waals surface area (Å²) >= 11 is 0. The van der Waals surface area contributed by atoms with Crippen molar-refractivity contribution in [2.75, 3.05) is 0 Å². The van der Waals surface area contributed by atoms with Crippen LogP contribution in [0.1, 0.15) is 11.6 Å². The topological polar surface area (TPSA) is 36.2 Å². The average molecular weight is 144 g/mol. The second kappa shape index (κ2) is 2.31. The SMILES string of the molecule is N=CC1=NC1c1ccccc1. The summed E-state index contributed by atoms with van der Waals surface area (Å²) in [6, 6.07) is 10.2. The lowest BCUT2D eigenvalue weighted by Crippen LogP contribution is -1.89. The molecule has 1 aliphatic heterocycles. The molecule has 1 unspecified atom stereocenters. The number of nitrogens with one attached hydrogen (secondary N) is 1. The Morgan fingerprint density at radius 1 is 1.27 bits per heavy atom. The molecule has 0 saturated heterocycles. The normalized spacial score (nSPS) is 20.7. The summed E-state index contributed by atoms with van der Waals surface area (Å²) in [7, 11) is 0. The van der Waals surface area contributed by atoms with Gasteiger partial charge in [0, 0.05) is 6.21 Å². The highest BCUT2D eigenvalue weighted by atomic mass is 15.0. The van der Waals surface area contributed by atoms with Crippen LogP contribution in [0.4, 0.5) is 0 Å². The van der Waals surface area contributed by atoms with Gasteiger partial charge in [0.25, 0.3) is 0 Å². The first kappa shape index (κ1) is 6.28. The molecule has 1 aromatic carbocycles. The smallest absolute Gasteiger partial charge is 0.118 e. The van der Waals surface area contributed by atoms with E-state index in [0.29, 0.717) is 0 Å². The van der Waals surface area contributed by atoms with E-state index in [1.165, 1.54) is 11.8 Å². The number of hydrogen-bond acceptors (Lipinski definition) is 2. The number of aliphatic imine (C=N–C) groups is 1. The first-order valence-corrected chi connectivity index (χ1v) is 3.55. The molecule has 2 nitrogen and oxygen atoms in total. The molecule has 0 aliphatic carbocycles. The summed E-state index contributed by atoms with van der Waals surface area (Å²) in [5.74, 6) is 0. The van der Waals surface area contributed by atoms with Gasteiger partial charge < -0.3 is 5.41 Å². The Kier molecular flexibility index (Phi) is 1.32. The van der Waals surface area contributed by atoms with E-state index in [0.717, 1.165) is 5.71 Å². The zero-order chi connectivity index (χ0) is 7.68. The molecule has 1 heterocycles. The first-order chi connectivity index (χ1) is 5.42. The van der Waals surface area contributed by atoms with E-state index in [2.05, 4.69) is 4.99 Å². The molecule has 0 bridgehead atoms. The highest BCUT2D eigenvalue weighted by Crippen LogP contribution is 2.29. The largest absolute Gasteiger partial charge is 0.307 e. The van der Waals surface area contributed by atoms with Gasteiger partial charge in [0.15, 0.2) is 0 Å². The van der Waals surface area contributed by atoms with Gasteiger partial charge in [-0.05, 0) is 5.56 Å². The van der Waals surface area contributed by atoms with Gasteiger partial charge in [-0.3, -0.25) is 4.99 Å². The third-order valence-electron chi connectivity index (χ3n) is 1.75. The Morgan fingerprint density at radius 2 is 2.00 bits per heavy atom. The van der Waals surface area contributed by atoms with Crippen molar-refractivity contribution < 1.29 is 0 Å². The van der Waals surface area contributed by atoms with Crippen LogP contribution in [0.15, 0.2) is 35.3 Å². The molecule has 2 rings (SSSR count). The van der Waals surface area contributed by atoms with Crippen molar-refractivity contribution >= 4 is 11.9 Å². The lowest BCUT2D eigenvalue weighted by Gasteiger charge is -1.93. The molecule has 1 N–H and O–H groups in total. The maximum atomic E-state index is 6.94. The van der Waals surface area contributed by atoms with Crippen LogP contribution in [0.2, 0.25) is 0 Å². The fourth-order valence-corrected chi connectivity index (χ4v) is 1.11. The molecule has 0 aromatic heterocycles. The lowest BCUT2D eigenvalue weighted by atomic mass is 10.1. The van der Waals surface area contributed by atoms with Gasteiger partial charge in [0.05, 0.1) is 5.71 Å². The van der Waals surface area contributed by atoms with E-state index >= 15 is 0 Å². The van der Waals surface area contributed by atoms with Crippen molar-refractivity contribution in [2.45, 2.75) is 6.04 Å². The quantitative estimate of drug-likeness (QED) is 0.615. The zero-order valence-electron chi connectivity index (χ0n) is 5.99. The fraction of sp³-hybridized carbons (Fsp3) is 0.111. The molecular formula is C9H8N2. The summed E-state index contributed by atoms with van der Waals surface area (Å²) in [6.07, 6.45) is 1.32. The third kappa shape index (κ3) is 1.07. The molecule has 1 aromatic rings. The van der Waals surface area contributed by atoms with Crippen LogP contribution in [0.5, 0.6) is 0 Å². The summed E-state index contributed by atoms with van der Waals surface area (Å²) in [5.41, 5.74) is 2.07. The first-order valence-electron chi connectivity index (χ1n) is 3.55. The van der Waals surface area contributed by atoms with Crippen LogP contribution < -0.4 is 0 Å². The van der Waals surface area contributed by atoms with Gasteiger partial charge in [-0.2, -0.15) is 0 Å². The van der Waals surface area contributed by atoms with Gasteiger partial charge in [-0.15, -0.1) is 0 Å². The Labute approximate surface area is 65.1 Å². The second-order valence-electron chi connectivity index (χ2n) is 2.51. The van der Waals surface area contributed by atoms with Crippen LogP contribution in [0.3, 0.4) is 0 Å². The van der Waals surface area contributed by atoms with E-state index in [1.807, 2.05) is 30.3 Å². The Bertz CT molecular complexity index is 301. The second-order valence-corrected chi connectivity index (χ2v) is 2.51. The van der Waals surface area contributed by atoms with Gasteiger partial charge in [-0.1, -0.05) is 30.3 Å². The van der Waals surface area contributed by atoms with Crippen molar-refractivity contribution in [3.05, 3.63) is 35.9 Å². The van der Waals surface area contributed by atoms with Crippen molar-refractivity contribution in [2.24, 2.45) is 4.99 Å². The highest BCUT2D eigenvalue weighted by Gasteiger charge is 2.26. The van der Waals surface area contributed by atoms with Crippen molar-refractivity contribution in [1.29, 1.82) is 5.41 Å². The van der Waals surface area contributed by atoms with E-state index in [-0.39, 0.29) is 6.04 Å². The van der Waals surface area contributed by atoms with Crippen molar-refractivity contribution in [3.8, 4) is 0 Å². The standard InChI is InChI=1S/C9H8N2/c10-6-8-9(11-8)7-4-2-1-3-5-7/h1-6,9-10H. The van der Waals surface area contributed by atoms with Gasteiger partial charge in [-0.25, -0.2) is 0 Å². The van der Waals surface area contributed by atoms with Crippen LogP contribution >= 0.6 is 0 Å². The van der Waals surface area contributed by atoms with Crippen molar-refractivity contribution in [3.63, 3.8) is 0 Å². The van der Waals surface area contributed by atoms with E-state index in [4.69, 9.17) is 5.41 Å². The lowest BCUT2D eigenvalue weighted by molar-refractivity contribution is 1.13. The molecule has 0 spiro atoms. The number of hydrogen-bond donors (Lipinski definition) is 1. The molecule has 0 fully saturated rings. The molecule has 1 atom stereocenters. The molecule has 0 radical (unpaired) electrons. The summed E-state index contributed by atoms with van der Waals surface area (Å²) < 4.78 is 0. The van der Waals surface area contributed by atoms with Gasteiger partial charge in [0.1, 0.15) is 6.04 Å². The molecule has 2 heteroatoms. The zero-order valence-corrected chi connectivity index (χ0v) is 5.99. The van der Waals surface area contributed by atoms with Crippen LogP contribution in [0.25, 0.3) is 0 Å². The number of rotatable bonds is 2. The summed E-state index contributed by atoms with van der Waals surface area (Å²) in [6.45, 7) is 0. The monoisotopic (exact) mass is 144 g/mol. The Balaban J connectivity index is 2.16. The van der Waals surface area contributed by atoms with E-state index in [1.54, 1.807) is 0 Å². The van der Waals surface area contributed by atoms with Crippen LogP contribution in [-0.4, -0.2) is 11.9 Å². The highest BCUT2D eigenvalue weighted by molar-refractivity contribution is 6.38. The molecule has 1 aliphatic rings. The minimum atomic E-state index is 0.189. The summed E-state index contributed by atoms with van der Waals surface area (Å²) in [5, 5.41) is 6.94. The number of nitrogens with zero attached hydrogens (tertiary/aromatic N) is 1. The Morgan fingerprint density at radius 3 is 2.55 bits per heavy atom. The Hall–Kier alpha value is -1.44. The summed E-state index contributed by atoms with van der Waals surface area (Å²) in [4.78, 5) is 4.12. The minimum Gasteiger partial charge on any atom is -0.307 e. The molecular weight excluding hydrogens is 136 g/mol. The van der Waals surface area contributed by atoms with Crippen LogP contribution in [0, 0.1) is 5.41 Å². The molecule has 0 amide bonds. The molecule has 54 valence electrons. The average Bonchev–Trinajstić information content (AvgIpc) is 2.85. The predicted molar refractivity (Wildman–Crippen MR) is 45.4 cm³/mol. The maximum absolute atomic E-state index is 6.94. The van der Waals surface area contributed by atoms with E-state index < -0.39 is 0 Å². The van der Waals surface area contributed by atoms with Gasteiger partial charge >= 0.3 is 0 Å². The van der Waals surface area contributed by atoms with Crippen LogP contribution in [-0.2, 0) is 0 Å². The van der Waals surface area contributed by atoms with Gasteiger partial charge in [0.2, 0.25) is 0 Å². The predicted octanol–water partition coefficient (Wildman–Crippen LogP) is 1.83. The maximum Gasteiger partial charge on any atom is 0.118 e. The fourth-order valence-electron chi connectivity index (χ4n) is 1.11.